The number of aromatic nitrogens is 1. The summed E-state index contributed by atoms with van der Waals surface area (Å²) in [5, 5.41) is 2.35. The molecule has 0 radical (unpaired) electrons. The zero-order chi connectivity index (χ0) is 16.4. The van der Waals surface area contributed by atoms with Gasteiger partial charge in [0.05, 0.1) is 12.6 Å². The smallest absolute Gasteiger partial charge is 0.238 e. The Bertz CT molecular complexity index is 693. The van der Waals surface area contributed by atoms with E-state index in [1.807, 2.05) is 34.8 Å². The van der Waals surface area contributed by atoms with Gasteiger partial charge in [-0.15, -0.1) is 0 Å². The van der Waals surface area contributed by atoms with Crippen molar-refractivity contribution in [2.45, 2.75) is 18.9 Å². The molecular weight excluding hydrogens is 300 g/mol. The first-order valence-electron chi connectivity index (χ1n) is 7.65. The van der Waals surface area contributed by atoms with Gasteiger partial charge in [0, 0.05) is 18.9 Å². The van der Waals surface area contributed by atoms with Crippen molar-refractivity contribution in [1.82, 2.24) is 9.47 Å². The molecule has 2 heterocycles. The summed E-state index contributed by atoms with van der Waals surface area (Å²) in [5.74, 6) is -1.94. The van der Waals surface area contributed by atoms with Gasteiger partial charge < -0.3 is 9.88 Å². The molecule has 1 aromatic heterocycles. The molecule has 1 aromatic carbocycles. The Morgan fingerprint density at radius 1 is 1.26 bits per heavy atom. The van der Waals surface area contributed by atoms with E-state index in [1.165, 1.54) is 6.07 Å². The lowest BCUT2D eigenvalue weighted by Crippen LogP contribution is -2.33. The number of nitrogens with one attached hydrogen (secondary N) is 1. The van der Waals surface area contributed by atoms with E-state index in [9.17, 15) is 13.6 Å². The summed E-state index contributed by atoms with van der Waals surface area (Å²) in [7, 11) is 1.97. The molecule has 6 heteroatoms. The molecule has 1 saturated heterocycles. The first kappa shape index (κ1) is 15.7. The number of likely N-dealkylation sites (tertiary alicyclic amines) is 1. The highest BCUT2D eigenvalue weighted by molar-refractivity contribution is 5.92. The van der Waals surface area contributed by atoms with Crippen molar-refractivity contribution in [3.8, 4) is 0 Å². The van der Waals surface area contributed by atoms with E-state index in [2.05, 4.69) is 5.32 Å². The van der Waals surface area contributed by atoms with Gasteiger partial charge in [0.15, 0.2) is 0 Å². The van der Waals surface area contributed by atoms with Crippen LogP contribution in [0.2, 0.25) is 0 Å². The molecule has 0 spiro atoms. The van der Waals surface area contributed by atoms with Crippen molar-refractivity contribution in [2.75, 3.05) is 18.4 Å². The number of nitrogens with zero attached hydrogens (tertiary/aromatic N) is 2. The number of amides is 1. The second kappa shape index (κ2) is 6.50. The molecule has 3 rings (SSSR count). The maximum atomic E-state index is 13.6. The SMILES string of the molecule is Cn1cccc1[C@H]1CCCN1CC(=O)Nc1c(F)cccc1F. The number of rotatable bonds is 4. The number of hydrogen-bond acceptors (Lipinski definition) is 2. The van der Waals surface area contributed by atoms with Crippen LogP contribution >= 0.6 is 0 Å². The minimum absolute atomic E-state index is 0.115. The number of aryl methyl sites for hydroxylation is 1. The van der Waals surface area contributed by atoms with Crippen molar-refractivity contribution in [3.05, 3.63) is 53.9 Å². The number of carbonyl (C=O) groups excluding carboxylic acids is 1. The second-order valence-corrected chi connectivity index (χ2v) is 5.82. The Morgan fingerprint density at radius 2 is 2.00 bits per heavy atom. The third kappa shape index (κ3) is 3.27. The van der Waals surface area contributed by atoms with Crippen molar-refractivity contribution in [3.63, 3.8) is 0 Å². The fraction of sp³-hybridized carbons (Fsp3) is 0.353. The summed E-state index contributed by atoms with van der Waals surface area (Å²) in [6, 6.07) is 7.69. The van der Waals surface area contributed by atoms with E-state index < -0.39 is 17.5 Å². The zero-order valence-electron chi connectivity index (χ0n) is 12.9. The number of para-hydroxylation sites is 1. The predicted octanol–water partition coefficient (Wildman–Crippen LogP) is 3.08. The van der Waals surface area contributed by atoms with Crippen LogP contribution in [0.1, 0.15) is 24.6 Å². The van der Waals surface area contributed by atoms with Crippen molar-refractivity contribution in [2.24, 2.45) is 7.05 Å². The molecule has 1 amide bonds. The average molecular weight is 319 g/mol. The highest BCUT2D eigenvalue weighted by Crippen LogP contribution is 2.31. The van der Waals surface area contributed by atoms with Crippen LogP contribution in [0, 0.1) is 11.6 Å². The zero-order valence-corrected chi connectivity index (χ0v) is 12.9. The summed E-state index contributed by atoms with van der Waals surface area (Å²) in [4.78, 5) is 14.2. The predicted molar refractivity (Wildman–Crippen MR) is 83.9 cm³/mol. The summed E-state index contributed by atoms with van der Waals surface area (Å²) in [6.45, 7) is 0.909. The van der Waals surface area contributed by atoms with Crippen LogP contribution in [0.4, 0.5) is 14.5 Å². The first-order valence-corrected chi connectivity index (χ1v) is 7.65. The third-order valence-electron chi connectivity index (χ3n) is 4.26. The quantitative estimate of drug-likeness (QED) is 0.940. The van der Waals surface area contributed by atoms with Crippen LogP contribution in [-0.4, -0.2) is 28.5 Å². The van der Waals surface area contributed by atoms with Crippen LogP contribution in [0.25, 0.3) is 0 Å². The van der Waals surface area contributed by atoms with Crippen LogP contribution in [-0.2, 0) is 11.8 Å². The molecule has 23 heavy (non-hydrogen) atoms. The maximum Gasteiger partial charge on any atom is 0.238 e. The Labute approximate surface area is 133 Å². The molecular formula is C17H19F2N3O. The molecule has 1 aliphatic rings. The number of halogens is 2. The average Bonchev–Trinajstić information content (AvgIpc) is 3.11. The standard InChI is InChI=1S/C17H19F2N3O/c1-21-9-3-7-14(21)15-8-4-10-22(15)11-16(23)20-17-12(18)5-2-6-13(17)19/h2-3,5-7,9,15H,4,8,10-11H2,1H3,(H,20,23)/t15-/m1/s1. The van der Waals surface area contributed by atoms with E-state index in [0.717, 1.165) is 37.2 Å². The van der Waals surface area contributed by atoms with Crippen molar-refractivity contribution in [1.29, 1.82) is 0 Å². The second-order valence-electron chi connectivity index (χ2n) is 5.82. The molecule has 1 fully saturated rings. The van der Waals surface area contributed by atoms with Gasteiger partial charge in [-0.1, -0.05) is 6.07 Å². The van der Waals surface area contributed by atoms with E-state index >= 15 is 0 Å². The third-order valence-corrected chi connectivity index (χ3v) is 4.26. The van der Waals surface area contributed by atoms with Gasteiger partial charge in [0.2, 0.25) is 5.91 Å². The maximum absolute atomic E-state index is 13.6. The Kier molecular flexibility index (Phi) is 4.43. The Hall–Kier alpha value is -2.21. The molecule has 4 nitrogen and oxygen atoms in total. The lowest BCUT2D eigenvalue weighted by Gasteiger charge is -2.24. The molecule has 122 valence electrons. The molecule has 1 N–H and O–H groups in total. The number of carbonyl (C=O) groups is 1. The van der Waals surface area contributed by atoms with Crippen LogP contribution in [0.3, 0.4) is 0 Å². The number of hydrogen-bond donors (Lipinski definition) is 1. The Morgan fingerprint density at radius 3 is 2.65 bits per heavy atom. The van der Waals surface area contributed by atoms with Gasteiger partial charge in [-0.05, 0) is 43.7 Å². The molecule has 0 saturated carbocycles. The van der Waals surface area contributed by atoms with E-state index in [-0.39, 0.29) is 18.3 Å². The molecule has 0 bridgehead atoms. The minimum Gasteiger partial charge on any atom is -0.353 e. The first-order chi connectivity index (χ1) is 11.1. The topological polar surface area (TPSA) is 37.3 Å². The van der Waals surface area contributed by atoms with Gasteiger partial charge in [-0.3, -0.25) is 9.69 Å². The van der Waals surface area contributed by atoms with Gasteiger partial charge in [0.1, 0.15) is 17.3 Å². The highest BCUT2D eigenvalue weighted by atomic mass is 19.1. The van der Waals surface area contributed by atoms with Crippen LogP contribution in [0.5, 0.6) is 0 Å². The van der Waals surface area contributed by atoms with Crippen molar-refractivity contribution < 1.29 is 13.6 Å². The number of anilines is 1. The van der Waals surface area contributed by atoms with Gasteiger partial charge in [0.25, 0.3) is 0 Å². The van der Waals surface area contributed by atoms with Gasteiger partial charge in [-0.2, -0.15) is 0 Å². The van der Waals surface area contributed by atoms with E-state index in [4.69, 9.17) is 0 Å². The molecule has 0 unspecified atom stereocenters. The molecule has 0 aliphatic carbocycles. The molecule has 2 aromatic rings. The summed E-state index contributed by atoms with van der Waals surface area (Å²) < 4.78 is 29.3. The molecule has 1 aliphatic heterocycles. The van der Waals surface area contributed by atoms with E-state index in [0.29, 0.717) is 0 Å². The minimum atomic E-state index is -0.765. The summed E-state index contributed by atoms with van der Waals surface area (Å²) in [6.07, 6.45) is 3.94. The van der Waals surface area contributed by atoms with Gasteiger partial charge in [-0.25, -0.2) is 8.78 Å². The van der Waals surface area contributed by atoms with Gasteiger partial charge >= 0.3 is 0 Å². The van der Waals surface area contributed by atoms with Crippen molar-refractivity contribution >= 4 is 11.6 Å². The summed E-state index contributed by atoms with van der Waals surface area (Å²) in [5.41, 5.74) is 0.763. The Balaban J connectivity index is 1.69. The fourth-order valence-corrected chi connectivity index (χ4v) is 3.15. The largest absolute Gasteiger partial charge is 0.353 e. The highest BCUT2D eigenvalue weighted by Gasteiger charge is 2.29. The van der Waals surface area contributed by atoms with E-state index in [1.54, 1.807) is 0 Å². The normalized spacial score (nSPS) is 18.3. The fourth-order valence-electron chi connectivity index (χ4n) is 3.15. The van der Waals surface area contributed by atoms with Crippen LogP contribution < -0.4 is 5.32 Å². The lowest BCUT2D eigenvalue weighted by molar-refractivity contribution is -0.117. The molecule has 1 atom stereocenters. The number of benzene rings is 1. The summed E-state index contributed by atoms with van der Waals surface area (Å²) >= 11 is 0. The lowest BCUT2D eigenvalue weighted by atomic mass is 10.1. The van der Waals surface area contributed by atoms with Crippen LogP contribution in [0.15, 0.2) is 36.5 Å². The monoisotopic (exact) mass is 319 g/mol.